The fraction of sp³-hybridized carbons (Fsp3) is 0.389. The van der Waals surface area contributed by atoms with E-state index in [2.05, 4.69) is 22.1 Å². The van der Waals surface area contributed by atoms with Gasteiger partial charge in [0, 0.05) is 18.2 Å². The predicted octanol–water partition coefficient (Wildman–Crippen LogP) is 2.49. The zero-order chi connectivity index (χ0) is 19.4. The molecule has 1 amide bonds. The Morgan fingerprint density at radius 2 is 2.15 bits per heavy atom. The molecule has 9 heteroatoms. The van der Waals surface area contributed by atoms with Crippen molar-refractivity contribution in [1.29, 1.82) is 0 Å². The average Bonchev–Trinajstić information content (AvgIpc) is 3.19. The fourth-order valence-corrected chi connectivity index (χ4v) is 5.57. The van der Waals surface area contributed by atoms with E-state index in [-0.39, 0.29) is 23.3 Å². The highest BCUT2D eigenvalue weighted by Crippen LogP contribution is 2.31. The zero-order valence-electron chi connectivity index (χ0n) is 15.0. The number of nitrogens with one attached hydrogen (secondary N) is 1. The van der Waals surface area contributed by atoms with Gasteiger partial charge in [-0.05, 0) is 25.5 Å². The van der Waals surface area contributed by atoms with Crippen LogP contribution < -0.4 is 5.32 Å². The Hall–Kier alpha value is -2.13. The molecule has 1 aromatic heterocycles. The molecule has 2 atom stereocenters. The summed E-state index contributed by atoms with van der Waals surface area (Å²) in [5.74, 6) is 0.622. The standard InChI is InChI=1S/C18H22N4O3S2/c1-3-10-22-16(14-9-11-27(24,25)12-14)20-21-18(22)26-13(2)17(23)19-15-7-5-4-6-8-15/h3-8,13-14H,1,9-12H2,2H3,(H,19,23). The minimum atomic E-state index is -3.01. The van der Waals surface area contributed by atoms with E-state index in [4.69, 9.17) is 0 Å². The van der Waals surface area contributed by atoms with E-state index in [1.165, 1.54) is 11.8 Å². The molecule has 0 radical (unpaired) electrons. The molecule has 2 aromatic rings. The van der Waals surface area contributed by atoms with Crippen LogP contribution in [0.2, 0.25) is 0 Å². The van der Waals surface area contributed by atoms with Crippen LogP contribution in [0.5, 0.6) is 0 Å². The first-order valence-electron chi connectivity index (χ1n) is 8.66. The summed E-state index contributed by atoms with van der Waals surface area (Å²) in [5, 5.41) is 11.5. The second kappa shape index (κ2) is 8.26. The van der Waals surface area contributed by atoms with Gasteiger partial charge in [0.1, 0.15) is 5.82 Å². The van der Waals surface area contributed by atoms with E-state index in [0.29, 0.717) is 23.9 Å². The topological polar surface area (TPSA) is 93.9 Å². The molecule has 144 valence electrons. The number of allylic oxidation sites excluding steroid dienone is 1. The minimum absolute atomic E-state index is 0.0942. The molecule has 0 saturated carbocycles. The first-order chi connectivity index (χ1) is 12.9. The molecular weight excluding hydrogens is 384 g/mol. The lowest BCUT2D eigenvalue weighted by Gasteiger charge is -2.14. The van der Waals surface area contributed by atoms with Gasteiger partial charge in [0.05, 0.1) is 16.8 Å². The van der Waals surface area contributed by atoms with Crippen molar-refractivity contribution < 1.29 is 13.2 Å². The maximum Gasteiger partial charge on any atom is 0.237 e. The van der Waals surface area contributed by atoms with Crippen molar-refractivity contribution >= 4 is 33.2 Å². The monoisotopic (exact) mass is 406 g/mol. The molecule has 27 heavy (non-hydrogen) atoms. The molecular formula is C18H22N4O3S2. The molecule has 2 unspecified atom stereocenters. The van der Waals surface area contributed by atoms with Crippen LogP contribution in [0.25, 0.3) is 0 Å². The summed E-state index contributed by atoms with van der Waals surface area (Å²) < 4.78 is 25.4. The molecule has 7 nitrogen and oxygen atoms in total. The maximum absolute atomic E-state index is 12.4. The number of amides is 1. The van der Waals surface area contributed by atoms with Gasteiger partial charge in [0.2, 0.25) is 5.91 Å². The quantitative estimate of drug-likeness (QED) is 0.561. The number of sulfone groups is 1. The van der Waals surface area contributed by atoms with Gasteiger partial charge in [0.25, 0.3) is 0 Å². The van der Waals surface area contributed by atoms with Gasteiger partial charge in [-0.25, -0.2) is 8.42 Å². The number of anilines is 1. The number of benzene rings is 1. The third-order valence-electron chi connectivity index (χ3n) is 4.35. The first-order valence-corrected chi connectivity index (χ1v) is 11.4. The zero-order valence-corrected chi connectivity index (χ0v) is 16.7. The van der Waals surface area contributed by atoms with E-state index in [9.17, 15) is 13.2 Å². The fourth-order valence-electron chi connectivity index (χ4n) is 2.97. The van der Waals surface area contributed by atoms with Gasteiger partial charge in [0.15, 0.2) is 15.0 Å². The Morgan fingerprint density at radius 3 is 2.78 bits per heavy atom. The van der Waals surface area contributed by atoms with Crippen LogP contribution in [-0.4, -0.2) is 45.8 Å². The molecule has 1 aromatic carbocycles. The molecule has 1 saturated heterocycles. The number of aromatic nitrogens is 3. The average molecular weight is 407 g/mol. The number of para-hydroxylation sites is 1. The highest BCUT2D eigenvalue weighted by molar-refractivity contribution is 8.00. The van der Waals surface area contributed by atoms with Gasteiger partial charge in [-0.2, -0.15) is 0 Å². The third-order valence-corrected chi connectivity index (χ3v) is 7.20. The molecule has 0 spiro atoms. The number of hydrogen-bond acceptors (Lipinski definition) is 6. The third kappa shape index (κ3) is 4.78. The lowest BCUT2D eigenvalue weighted by atomic mass is 10.1. The van der Waals surface area contributed by atoms with Gasteiger partial charge in [-0.1, -0.05) is 36.0 Å². The van der Waals surface area contributed by atoms with Crippen molar-refractivity contribution in [2.45, 2.75) is 36.2 Å². The number of nitrogens with zero attached hydrogens (tertiary/aromatic N) is 3. The van der Waals surface area contributed by atoms with Crippen molar-refractivity contribution in [2.24, 2.45) is 0 Å². The Kier molecular flexibility index (Phi) is 6.01. The SMILES string of the molecule is C=CCn1c(SC(C)C(=O)Nc2ccccc2)nnc1C1CCS(=O)(=O)C1. The van der Waals surface area contributed by atoms with Crippen molar-refractivity contribution in [3.63, 3.8) is 0 Å². The summed E-state index contributed by atoms with van der Waals surface area (Å²) in [5.41, 5.74) is 0.736. The molecule has 0 bridgehead atoms. The highest BCUT2D eigenvalue weighted by atomic mass is 32.2. The summed E-state index contributed by atoms with van der Waals surface area (Å²) >= 11 is 1.30. The van der Waals surface area contributed by atoms with Crippen LogP contribution in [-0.2, 0) is 21.2 Å². The van der Waals surface area contributed by atoms with Gasteiger partial charge in [-0.15, -0.1) is 16.8 Å². The second-order valence-electron chi connectivity index (χ2n) is 6.46. The summed E-state index contributed by atoms with van der Waals surface area (Å²) in [6, 6.07) is 9.25. The summed E-state index contributed by atoms with van der Waals surface area (Å²) in [6.45, 7) is 6.03. The number of rotatable bonds is 7. The molecule has 0 aliphatic carbocycles. The van der Waals surface area contributed by atoms with Gasteiger partial charge < -0.3 is 9.88 Å². The Labute approximate surface area is 163 Å². The van der Waals surface area contributed by atoms with E-state index < -0.39 is 15.1 Å². The number of hydrogen-bond donors (Lipinski definition) is 1. The molecule has 3 rings (SSSR count). The van der Waals surface area contributed by atoms with Crippen molar-refractivity contribution in [3.8, 4) is 0 Å². The van der Waals surface area contributed by atoms with Crippen LogP contribution in [0, 0.1) is 0 Å². The highest BCUT2D eigenvalue weighted by Gasteiger charge is 2.33. The molecule has 1 aliphatic heterocycles. The van der Waals surface area contributed by atoms with Crippen LogP contribution in [0.4, 0.5) is 5.69 Å². The van der Waals surface area contributed by atoms with Crippen LogP contribution >= 0.6 is 11.8 Å². The Morgan fingerprint density at radius 1 is 1.41 bits per heavy atom. The predicted molar refractivity (Wildman–Crippen MR) is 107 cm³/mol. The molecule has 1 aliphatic rings. The lowest BCUT2D eigenvalue weighted by molar-refractivity contribution is -0.115. The molecule has 2 heterocycles. The summed E-state index contributed by atoms with van der Waals surface area (Å²) in [4.78, 5) is 12.4. The van der Waals surface area contributed by atoms with E-state index in [1.54, 1.807) is 13.0 Å². The van der Waals surface area contributed by atoms with Crippen LogP contribution in [0.3, 0.4) is 0 Å². The lowest BCUT2D eigenvalue weighted by Crippen LogP contribution is -2.23. The first kappa shape index (κ1) is 19.6. The summed E-state index contributed by atoms with van der Waals surface area (Å²) in [7, 11) is -3.01. The van der Waals surface area contributed by atoms with Crippen molar-refractivity contribution in [2.75, 3.05) is 16.8 Å². The van der Waals surface area contributed by atoms with E-state index in [0.717, 1.165) is 5.69 Å². The van der Waals surface area contributed by atoms with Gasteiger partial charge >= 0.3 is 0 Å². The van der Waals surface area contributed by atoms with Crippen molar-refractivity contribution in [1.82, 2.24) is 14.8 Å². The smallest absolute Gasteiger partial charge is 0.237 e. The number of carbonyl (C=O) groups is 1. The minimum Gasteiger partial charge on any atom is -0.325 e. The Bertz CT molecular complexity index is 925. The van der Waals surface area contributed by atoms with Gasteiger partial charge in [-0.3, -0.25) is 4.79 Å². The van der Waals surface area contributed by atoms with Crippen molar-refractivity contribution in [3.05, 3.63) is 48.8 Å². The van der Waals surface area contributed by atoms with Crippen LogP contribution in [0.1, 0.15) is 25.1 Å². The maximum atomic E-state index is 12.4. The molecule has 1 N–H and O–H groups in total. The number of thioether (sulfide) groups is 1. The van der Waals surface area contributed by atoms with Crippen LogP contribution in [0.15, 0.2) is 48.1 Å². The number of carbonyl (C=O) groups excluding carboxylic acids is 1. The molecule has 1 fully saturated rings. The normalized spacial score (nSPS) is 19.5. The largest absolute Gasteiger partial charge is 0.325 e. The van der Waals surface area contributed by atoms with E-state index in [1.807, 2.05) is 34.9 Å². The van der Waals surface area contributed by atoms with E-state index >= 15 is 0 Å². The Balaban J connectivity index is 1.74. The second-order valence-corrected chi connectivity index (χ2v) is 9.99. The summed E-state index contributed by atoms with van der Waals surface area (Å²) in [6.07, 6.45) is 2.27.